The second kappa shape index (κ2) is 5.97. The summed E-state index contributed by atoms with van der Waals surface area (Å²) in [6.45, 7) is 2.61. The Kier molecular flexibility index (Phi) is 4.22. The van der Waals surface area contributed by atoms with Gasteiger partial charge in [0.2, 0.25) is 0 Å². The van der Waals surface area contributed by atoms with E-state index in [9.17, 15) is 9.59 Å². The summed E-state index contributed by atoms with van der Waals surface area (Å²) in [5, 5.41) is 0.230. The van der Waals surface area contributed by atoms with E-state index in [0.29, 0.717) is 12.2 Å². The van der Waals surface area contributed by atoms with Gasteiger partial charge in [0.15, 0.2) is 0 Å². The molecule has 2 fully saturated rings. The highest BCUT2D eigenvalue weighted by molar-refractivity contribution is 6.30. The van der Waals surface area contributed by atoms with Crippen molar-refractivity contribution in [2.45, 2.75) is 63.5 Å². The number of ether oxygens (including phenoxy) is 1. The topological polar surface area (TPSA) is 64.1 Å². The summed E-state index contributed by atoms with van der Waals surface area (Å²) in [6.07, 6.45) is 5.81. The first-order valence-electron chi connectivity index (χ1n) is 7.77. The Labute approximate surface area is 128 Å². The Morgan fingerprint density at radius 2 is 1.95 bits per heavy atom. The van der Waals surface area contributed by atoms with Crippen molar-refractivity contribution in [3.8, 4) is 0 Å². The number of nitrogens with zero attached hydrogens (tertiary/aromatic N) is 1. The predicted octanol–water partition coefficient (Wildman–Crippen LogP) is 2.59. The first kappa shape index (κ1) is 14.9. The number of halogens is 1. The minimum absolute atomic E-state index is 0.0600. The number of hydrogen-bond acceptors (Lipinski definition) is 3. The zero-order valence-corrected chi connectivity index (χ0v) is 13.0. The van der Waals surface area contributed by atoms with E-state index < -0.39 is 5.69 Å². The molecular formula is C15H21ClN2O3. The van der Waals surface area contributed by atoms with E-state index in [1.165, 1.54) is 4.57 Å². The molecule has 0 radical (unpaired) electrons. The molecule has 0 aliphatic heterocycles. The molecule has 116 valence electrons. The third kappa shape index (κ3) is 2.69. The third-order valence-electron chi connectivity index (χ3n) is 4.72. The highest BCUT2D eigenvalue weighted by Crippen LogP contribution is 2.36. The van der Waals surface area contributed by atoms with Gasteiger partial charge in [0, 0.05) is 12.6 Å². The van der Waals surface area contributed by atoms with E-state index in [2.05, 4.69) is 4.98 Å². The van der Waals surface area contributed by atoms with Crippen molar-refractivity contribution >= 4 is 11.6 Å². The standard InChI is InChI=1S/C15H21ClN2O3/c1-2-21-11-7-10(8-11)18-14(19)12(9-5-3-4-6-9)13(16)17-15(18)20/h9-11H,2-8H2,1H3,(H,17,20). The summed E-state index contributed by atoms with van der Waals surface area (Å²) >= 11 is 6.14. The van der Waals surface area contributed by atoms with E-state index in [4.69, 9.17) is 16.3 Å². The zero-order valence-electron chi connectivity index (χ0n) is 12.2. The van der Waals surface area contributed by atoms with Crippen molar-refractivity contribution in [1.82, 2.24) is 9.55 Å². The van der Waals surface area contributed by atoms with Gasteiger partial charge in [-0.2, -0.15) is 0 Å². The number of nitrogens with one attached hydrogen (secondary N) is 1. The minimum atomic E-state index is -0.397. The largest absolute Gasteiger partial charge is 0.378 e. The van der Waals surface area contributed by atoms with E-state index >= 15 is 0 Å². The Hall–Kier alpha value is -1.07. The van der Waals surface area contributed by atoms with Gasteiger partial charge in [-0.25, -0.2) is 4.79 Å². The quantitative estimate of drug-likeness (QED) is 0.869. The van der Waals surface area contributed by atoms with Crippen LogP contribution in [0.1, 0.15) is 63.0 Å². The average molecular weight is 313 g/mol. The van der Waals surface area contributed by atoms with Crippen LogP contribution in [0, 0.1) is 0 Å². The second-order valence-electron chi connectivity index (χ2n) is 6.02. The zero-order chi connectivity index (χ0) is 15.0. The number of rotatable bonds is 4. The molecule has 3 rings (SSSR count). The van der Waals surface area contributed by atoms with Crippen LogP contribution in [-0.4, -0.2) is 22.3 Å². The van der Waals surface area contributed by atoms with Crippen molar-refractivity contribution in [3.63, 3.8) is 0 Å². The smallest absolute Gasteiger partial charge is 0.329 e. The molecule has 0 unspecified atom stereocenters. The number of aromatic amines is 1. The molecule has 0 atom stereocenters. The molecule has 5 nitrogen and oxygen atoms in total. The summed E-state index contributed by atoms with van der Waals surface area (Å²) in [5.74, 6) is 0.191. The van der Waals surface area contributed by atoms with Crippen molar-refractivity contribution in [3.05, 3.63) is 31.6 Å². The lowest BCUT2D eigenvalue weighted by Crippen LogP contribution is -2.46. The van der Waals surface area contributed by atoms with E-state index in [1.807, 2.05) is 6.92 Å². The molecule has 1 aromatic heterocycles. The highest BCUT2D eigenvalue weighted by Gasteiger charge is 2.35. The number of aromatic nitrogens is 2. The summed E-state index contributed by atoms with van der Waals surface area (Å²) in [7, 11) is 0. The molecule has 2 aliphatic carbocycles. The fourth-order valence-electron chi connectivity index (χ4n) is 3.56. The maximum atomic E-state index is 12.7. The molecular weight excluding hydrogens is 292 g/mol. The normalized spacial score (nSPS) is 26.0. The fourth-order valence-corrected chi connectivity index (χ4v) is 3.87. The van der Waals surface area contributed by atoms with Gasteiger partial charge in [-0.05, 0) is 38.5 Å². The Morgan fingerprint density at radius 1 is 1.29 bits per heavy atom. The third-order valence-corrected chi connectivity index (χ3v) is 5.02. The Balaban J connectivity index is 1.92. The van der Waals surface area contributed by atoms with Crippen LogP contribution in [0.25, 0.3) is 0 Å². The van der Waals surface area contributed by atoms with Crippen LogP contribution in [-0.2, 0) is 4.74 Å². The van der Waals surface area contributed by atoms with Crippen LogP contribution in [0.5, 0.6) is 0 Å². The molecule has 0 bridgehead atoms. The van der Waals surface area contributed by atoms with Gasteiger partial charge in [-0.3, -0.25) is 14.3 Å². The lowest BCUT2D eigenvalue weighted by Gasteiger charge is -2.35. The molecule has 21 heavy (non-hydrogen) atoms. The lowest BCUT2D eigenvalue weighted by molar-refractivity contribution is -0.0216. The van der Waals surface area contributed by atoms with Gasteiger partial charge < -0.3 is 4.74 Å². The maximum absolute atomic E-state index is 12.7. The molecule has 2 aliphatic rings. The van der Waals surface area contributed by atoms with E-state index in [1.54, 1.807) is 0 Å². The SMILES string of the molecule is CCOC1CC(n2c(=O)[nH]c(Cl)c(C3CCCC3)c2=O)C1. The molecule has 0 spiro atoms. The Morgan fingerprint density at radius 3 is 2.57 bits per heavy atom. The molecule has 1 N–H and O–H groups in total. The molecule has 1 heterocycles. The predicted molar refractivity (Wildman–Crippen MR) is 81.2 cm³/mol. The summed E-state index contributed by atoms with van der Waals surface area (Å²) in [6, 6.07) is -0.0600. The summed E-state index contributed by atoms with van der Waals surface area (Å²) in [5.41, 5.74) is 0.0101. The average Bonchev–Trinajstić information content (AvgIpc) is 2.89. The molecule has 2 saturated carbocycles. The van der Waals surface area contributed by atoms with Gasteiger partial charge in [-0.15, -0.1) is 0 Å². The van der Waals surface area contributed by atoms with E-state index in [0.717, 1.165) is 38.5 Å². The Bertz CT molecular complexity index is 625. The number of H-pyrrole nitrogens is 1. The van der Waals surface area contributed by atoms with Crippen molar-refractivity contribution < 1.29 is 4.74 Å². The van der Waals surface area contributed by atoms with Crippen molar-refractivity contribution in [1.29, 1.82) is 0 Å². The van der Waals surface area contributed by atoms with Gasteiger partial charge in [0.1, 0.15) is 5.15 Å². The van der Waals surface area contributed by atoms with Crippen LogP contribution >= 0.6 is 11.6 Å². The minimum Gasteiger partial charge on any atom is -0.378 e. The molecule has 0 saturated heterocycles. The van der Waals surface area contributed by atoms with Gasteiger partial charge in [-0.1, -0.05) is 24.4 Å². The molecule has 0 aromatic carbocycles. The fraction of sp³-hybridized carbons (Fsp3) is 0.733. The molecule has 6 heteroatoms. The summed E-state index contributed by atoms with van der Waals surface area (Å²) in [4.78, 5) is 27.5. The maximum Gasteiger partial charge on any atom is 0.329 e. The first-order valence-corrected chi connectivity index (χ1v) is 8.15. The van der Waals surface area contributed by atoms with Crippen molar-refractivity contribution in [2.75, 3.05) is 6.61 Å². The summed E-state index contributed by atoms with van der Waals surface area (Å²) < 4.78 is 6.87. The number of hydrogen-bond donors (Lipinski definition) is 1. The van der Waals surface area contributed by atoms with E-state index in [-0.39, 0.29) is 28.8 Å². The molecule has 0 amide bonds. The second-order valence-corrected chi connectivity index (χ2v) is 6.39. The van der Waals surface area contributed by atoms with Crippen LogP contribution < -0.4 is 11.2 Å². The van der Waals surface area contributed by atoms with Crippen LogP contribution in [0.4, 0.5) is 0 Å². The lowest BCUT2D eigenvalue weighted by atomic mass is 9.88. The van der Waals surface area contributed by atoms with Crippen molar-refractivity contribution in [2.24, 2.45) is 0 Å². The van der Waals surface area contributed by atoms with Crippen LogP contribution in [0.3, 0.4) is 0 Å². The van der Waals surface area contributed by atoms with Gasteiger partial charge in [0.25, 0.3) is 5.56 Å². The molecule has 1 aromatic rings. The van der Waals surface area contributed by atoms with Crippen LogP contribution in [0.15, 0.2) is 9.59 Å². The first-order chi connectivity index (χ1) is 10.1. The van der Waals surface area contributed by atoms with Crippen LogP contribution in [0.2, 0.25) is 5.15 Å². The monoisotopic (exact) mass is 312 g/mol. The highest BCUT2D eigenvalue weighted by atomic mass is 35.5. The van der Waals surface area contributed by atoms with Gasteiger partial charge >= 0.3 is 5.69 Å². The van der Waals surface area contributed by atoms with Gasteiger partial charge in [0.05, 0.1) is 11.7 Å².